The van der Waals surface area contributed by atoms with Crippen LogP contribution in [0.5, 0.6) is 0 Å². The Morgan fingerprint density at radius 1 is 1.50 bits per heavy atom. The van der Waals surface area contributed by atoms with Gasteiger partial charge in [-0.15, -0.1) is 0 Å². The second-order valence-corrected chi connectivity index (χ2v) is 3.90. The van der Waals surface area contributed by atoms with Crippen molar-refractivity contribution in [3.63, 3.8) is 0 Å². The Morgan fingerprint density at radius 3 is 2.79 bits per heavy atom. The van der Waals surface area contributed by atoms with Crippen molar-refractivity contribution in [2.24, 2.45) is 0 Å². The highest BCUT2D eigenvalue weighted by molar-refractivity contribution is 9.10. The predicted octanol–water partition coefficient (Wildman–Crippen LogP) is 3.55. The Morgan fingerprint density at radius 2 is 2.21 bits per heavy atom. The van der Waals surface area contributed by atoms with Gasteiger partial charge in [-0.2, -0.15) is 0 Å². The highest BCUT2D eigenvalue weighted by Gasteiger charge is 2.19. The summed E-state index contributed by atoms with van der Waals surface area (Å²) >= 11 is 9.13. The van der Waals surface area contributed by atoms with Crippen molar-refractivity contribution in [1.82, 2.24) is 0 Å². The number of rotatable bonds is 1. The zero-order valence-electron chi connectivity index (χ0n) is 6.75. The number of hydrogen-bond donors (Lipinski definition) is 1. The molecule has 2 rings (SSSR count). The standard InChI is InChI=1S/C9H4BrClO3/c10-4-2-1-3-5-6(4)7(11)8(14-5)9(12)13/h1-3H,(H,12,13). The molecule has 3 nitrogen and oxygen atoms in total. The van der Waals surface area contributed by atoms with Gasteiger partial charge in [0, 0.05) is 4.47 Å². The van der Waals surface area contributed by atoms with Crippen LogP contribution >= 0.6 is 27.5 Å². The van der Waals surface area contributed by atoms with E-state index in [2.05, 4.69) is 15.9 Å². The maximum absolute atomic E-state index is 10.7. The second-order valence-electron chi connectivity index (χ2n) is 2.66. The fourth-order valence-corrected chi connectivity index (χ4v) is 2.18. The molecule has 5 heteroatoms. The van der Waals surface area contributed by atoms with E-state index in [9.17, 15) is 4.79 Å². The van der Waals surface area contributed by atoms with Crippen LogP contribution in [0.1, 0.15) is 10.6 Å². The van der Waals surface area contributed by atoms with Crippen LogP contribution < -0.4 is 0 Å². The number of carbonyl (C=O) groups is 1. The summed E-state index contributed by atoms with van der Waals surface area (Å²) in [6.07, 6.45) is 0. The van der Waals surface area contributed by atoms with Crippen molar-refractivity contribution >= 4 is 44.5 Å². The number of furan rings is 1. The van der Waals surface area contributed by atoms with Gasteiger partial charge in [-0.3, -0.25) is 0 Å². The average molecular weight is 275 g/mol. The minimum atomic E-state index is -1.17. The smallest absolute Gasteiger partial charge is 0.373 e. The highest BCUT2D eigenvalue weighted by Crippen LogP contribution is 2.35. The van der Waals surface area contributed by atoms with Crippen LogP contribution in [-0.2, 0) is 0 Å². The van der Waals surface area contributed by atoms with Crippen molar-refractivity contribution in [3.05, 3.63) is 33.5 Å². The molecule has 1 aromatic heterocycles. The number of benzene rings is 1. The van der Waals surface area contributed by atoms with E-state index in [1.165, 1.54) is 0 Å². The highest BCUT2D eigenvalue weighted by atomic mass is 79.9. The van der Waals surface area contributed by atoms with Gasteiger partial charge < -0.3 is 9.52 Å². The molecule has 0 saturated heterocycles. The van der Waals surface area contributed by atoms with Crippen LogP contribution in [0.2, 0.25) is 5.02 Å². The lowest BCUT2D eigenvalue weighted by atomic mass is 10.2. The molecule has 14 heavy (non-hydrogen) atoms. The van der Waals surface area contributed by atoms with Gasteiger partial charge in [0.2, 0.25) is 5.76 Å². The Hall–Kier alpha value is -1.000. The Labute approximate surface area is 92.4 Å². The van der Waals surface area contributed by atoms with Gasteiger partial charge in [-0.1, -0.05) is 17.7 Å². The normalized spacial score (nSPS) is 10.7. The Balaban J connectivity index is 2.87. The van der Waals surface area contributed by atoms with E-state index in [1.807, 2.05) is 0 Å². The summed E-state index contributed by atoms with van der Waals surface area (Å²) in [6, 6.07) is 5.19. The van der Waals surface area contributed by atoms with Crippen LogP contribution in [-0.4, -0.2) is 11.1 Å². The maximum Gasteiger partial charge on any atom is 0.373 e. The first-order chi connectivity index (χ1) is 6.61. The number of carboxylic acids is 1. The number of halogens is 2. The molecular formula is C9H4BrClO3. The van der Waals surface area contributed by atoms with Crippen LogP contribution in [0.3, 0.4) is 0 Å². The molecule has 0 amide bonds. The molecule has 2 aromatic rings. The predicted molar refractivity (Wildman–Crippen MR) is 55.9 cm³/mol. The lowest BCUT2D eigenvalue weighted by Crippen LogP contribution is -1.93. The summed E-state index contributed by atoms with van der Waals surface area (Å²) in [7, 11) is 0. The fraction of sp³-hybridized carbons (Fsp3) is 0. The largest absolute Gasteiger partial charge is 0.475 e. The first kappa shape index (κ1) is 9.55. The second kappa shape index (κ2) is 3.29. The van der Waals surface area contributed by atoms with E-state index in [0.717, 1.165) is 4.47 Å². The van der Waals surface area contributed by atoms with E-state index >= 15 is 0 Å². The van der Waals surface area contributed by atoms with Gasteiger partial charge in [0.15, 0.2) is 0 Å². The van der Waals surface area contributed by atoms with Crippen molar-refractivity contribution in [3.8, 4) is 0 Å². The van der Waals surface area contributed by atoms with Crippen LogP contribution in [0.4, 0.5) is 0 Å². The summed E-state index contributed by atoms with van der Waals surface area (Å²) in [4.78, 5) is 10.7. The van der Waals surface area contributed by atoms with Crippen molar-refractivity contribution in [2.45, 2.75) is 0 Å². The van der Waals surface area contributed by atoms with E-state index in [1.54, 1.807) is 18.2 Å². The van der Waals surface area contributed by atoms with Crippen LogP contribution in [0, 0.1) is 0 Å². The molecule has 0 aliphatic heterocycles. The first-order valence-corrected chi connectivity index (χ1v) is 4.88. The molecule has 1 N–H and O–H groups in total. The van der Waals surface area contributed by atoms with Gasteiger partial charge >= 0.3 is 5.97 Å². The number of hydrogen-bond acceptors (Lipinski definition) is 2. The molecule has 0 atom stereocenters. The van der Waals surface area contributed by atoms with Gasteiger partial charge in [0.1, 0.15) is 10.6 Å². The summed E-state index contributed by atoms with van der Waals surface area (Å²) in [5, 5.41) is 9.48. The third kappa shape index (κ3) is 1.31. The summed E-state index contributed by atoms with van der Waals surface area (Å²) < 4.78 is 5.80. The maximum atomic E-state index is 10.7. The minimum absolute atomic E-state index is 0.125. The molecule has 1 heterocycles. The molecule has 0 radical (unpaired) electrons. The van der Waals surface area contributed by atoms with E-state index < -0.39 is 5.97 Å². The molecule has 1 aromatic carbocycles. The van der Waals surface area contributed by atoms with Crippen LogP contribution in [0.25, 0.3) is 11.0 Å². The average Bonchev–Trinajstić information content (AvgIpc) is 2.45. The Kier molecular flexibility index (Phi) is 2.25. The summed E-state index contributed by atoms with van der Waals surface area (Å²) in [5.41, 5.74) is 0.460. The molecule has 0 saturated carbocycles. The molecule has 0 spiro atoms. The first-order valence-electron chi connectivity index (χ1n) is 3.71. The topological polar surface area (TPSA) is 50.4 Å². The molecule has 0 fully saturated rings. The SMILES string of the molecule is O=C(O)c1oc2cccc(Br)c2c1Cl. The zero-order valence-corrected chi connectivity index (χ0v) is 9.09. The third-order valence-corrected chi connectivity index (χ3v) is 2.82. The molecule has 0 bridgehead atoms. The number of fused-ring (bicyclic) bond motifs is 1. The van der Waals surface area contributed by atoms with Gasteiger partial charge in [0.25, 0.3) is 0 Å². The molecule has 0 aliphatic carbocycles. The lowest BCUT2D eigenvalue weighted by Gasteiger charge is -1.90. The summed E-state index contributed by atoms with van der Waals surface area (Å²) in [6.45, 7) is 0. The van der Waals surface area contributed by atoms with Crippen LogP contribution in [0.15, 0.2) is 27.1 Å². The van der Waals surface area contributed by atoms with Gasteiger partial charge in [-0.05, 0) is 28.1 Å². The van der Waals surface area contributed by atoms with E-state index in [0.29, 0.717) is 11.0 Å². The van der Waals surface area contributed by atoms with E-state index in [4.69, 9.17) is 21.1 Å². The van der Waals surface area contributed by atoms with Gasteiger partial charge in [-0.25, -0.2) is 4.79 Å². The summed E-state index contributed by atoms with van der Waals surface area (Å²) in [5.74, 6) is -1.40. The molecular weight excluding hydrogens is 271 g/mol. The lowest BCUT2D eigenvalue weighted by molar-refractivity contribution is 0.0665. The third-order valence-electron chi connectivity index (χ3n) is 1.80. The fourth-order valence-electron chi connectivity index (χ4n) is 1.21. The monoisotopic (exact) mass is 274 g/mol. The molecule has 0 unspecified atom stereocenters. The van der Waals surface area contributed by atoms with Crippen molar-refractivity contribution in [2.75, 3.05) is 0 Å². The van der Waals surface area contributed by atoms with Gasteiger partial charge in [0.05, 0.1) is 5.39 Å². The minimum Gasteiger partial charge on any atom is -0.475 e. The van der Waals surface area contributed by atoms with Crippen molar-refractivity contribution < 1.29 is 14.3 Å². The van der Waals surface area contributed by atoms with Crippen molar-refractivity contribution in [1.29, 1.82) is 0 Å². The molecule has 0 aliphatic rings. The number of carboxylic acid groups (broad SMARTS) is 1. The quantitative estimate of drug-likeness (QED) is 0.866. The molecule has 72 valence electrons. The zero-order chi connectivity index (χ0) is 10.3. The Bertz CT molecular complexity index is 518. The number of aromatic carboxylic acids is 1. The van der Waals surface area contributed by atoms with E-state index in [-0.39, 0.29) is 10.8 Å².